The third-order valence-corrected chi connectivity index (χ3v) is 3.14. The summed E-state index contributed by atoms with van der Waals surface area (Å²) in [5.41, 5.74) is 0.185. The predicted molar refractivity (Wildman–Crippen MR) is 53.7 cm³/mol. The molecule has 2 unspecified atom stereocenters. The molecule has 0 aromatic heterocycles. The zero-order valence-electron chi connectivity index (χ0n) is 8.56. The lowest BCUT2D eigenvalue weighted by atomic mass is 9.81. The van der Waals surface area contributed by atoms with E-state index in [1.54, 1.807) is 0 Å². The van der Waals surface area contributed by atoms with Crippen molar-refractivity contribution in [3.63, 3.8) is 0 Å². The molecular weight excluding hydrogens is 144 g/mol. The first-order valence-corrected chi connectivity index (χ1v) is 5.03. The van der Waals surface area contributed by atoms with Gasteiger partial charge >= 0.3 is 0 Å². The second kappa shape index (κ2) is 3.52. The van der Waals surface area contributed by atoms with Gasteiger partial charge in [0, 0.05) is 5.41 Å². The van der Waals surface area contributed by atoms with E-state index in [2.05, 4.69) is 26.7 Å². The summed E-state index contributed by atoms with van der Waals surface area (Å²) in [6, 6.07) is 0. The van der Waals surface area contributed by atoms with Crippen molar-refractivity contribution in [3.05, 3.63) is 0 Å². The molecule has 1 rings (SSSR count). The molecule has 1 fully saturated rings. The highest BCUT2D eigenvalue weighted by molar-refractivity contribution is 5.04. The predicted octanol–water partition coefficient (Wildman–Crippen LogP) is 3.47. The lowest BCUT2D eigenvalue weighted by Gasteiger charge is -2.23. The minimum absolute atomic E-state index is 0.185. The largest absolute Gasteiger partial charge is 0.120 e. The molecule has 0 aromatic carbocycles. The van der Waals surface area contributed by atoms with Gasteiger partial charge in [0.25, 0.3) is 0 Å². The SMILES string of the molecule is C#CC1(C)CCC(C)C[C@H](C)C1. The van der Waals surface area contributed by atoms with Crippen molar-refractivity contribution in [2.75, 3.05) is 0 Å². The van der Waals surface area contributed by atoms with E-state index in [1.165, 1.54) is 25.7 Å². The van der Waals surface area contributed by atoms with Crippen LogP contribution in [0.4, 0.5) is 0 Å². The van der Waals surface area contributed by atoms with Crippen LogP contribution in [-0.2, 0) is 0 Å². The lowest BCUT2D eigenvalue weighted by molar-refractivity contribution is 0.336. The number of terminal acetylenes is 1. The second-order valence-corrected chi connectivity index (χ2v) is 4.89. The van der Waals surface area contributed by atoms with Gasteiger partial charge in [-0.25, -0.2) is 0 Å². The van der Waals surface area contributed by atoms with Crippen molar-refractivity contribution in [3.8, 4) is 12.3 Å². The summed E-state index contributed by atoms with van der Waals surface area (Å²) in [5.74, 6) is 4.65. The summed E-state index contributed by atoms with van der Waals surface area (Å²) in [4.78, 5) is 0. The Morgan fingerprint density at radius 3 is 2.58 bits per heavy atom. The van der Waals surface area contributed by atoms with E-state index in [1.807, 2.05) is 0 Å². The van der Waals surface area contributed by atoms with Crippen LogP contribution in [-0.4, -0.2) is 0 Å². The molecule has 1 saturated carbocycles. The Balaban J connectivity index is 2.65. The van der Waals surface area contributed by atoms with Crippen molar-refractivity contribution in [2.45, 2.75) is 46.5 Å². The molecule has 0 spiro atoms. The van der Waals surface area contributed by atoms with Crippen LogP contribution < -0.4 is 0 Å². The molecule has 68 valence electrons. The fraction of sp³-hybridized carbons (Fsp3) is 0.833. The molecule has 1 aliphatic carbocycles. The maximum Gasteiger partial charge on any atom is 0.0286 e. The van der Waals surface area contributed by atoms with Crippen molar-refractivity contribution in [1.29, 1.82) is 0 Å². The Bertz CT molecular complexity index is 187. The zero-order valence-corrected chi connectivity index (χ0v) is 8.56. The molecule has 0 heterocycles. The third kappa shape index (κ3) is 2.27. The monoisotopic (exact) mass is 164 g/mol. The quantitative estimate of drug-likeness (QED) is 0.380. The van der Waals surface area contributed by atoms with Crippen LogP contribution in [0.1, 0.15) is 46.5 Å². The Morgan fingerprint density at radius 2 is 2.00 bits per heavy atom. The van der Waals surface area contributed by atoms with Crippen LogP contribution in [0.15, 0.2) is 0 Å². The Labute approximate surface area is 76.7 Å². The molecule has 3 atom stereocenters. The number of rotatable bonds is 0. The summed E-state index contributed by atoms with van der Waals surface area (Å²) < 4.78 is 0. The highest BCUT2D eigenvalue weighted by Gasteiger charge is 2.28. The van der Waals surface area contributed by atoms with Gasteiger partial charge < -0.3 is 0 Å². The molecule has 1 aliphatic rings. The summed E-state index contributed by atoms with van der Waals surface area (Å²) in [7, 11) is 0. The molecule has 0 aromatic rings. The van der Waals surface area contributed by atoms with Gasteiger partial charge in [-0.2, -0.15) is 0 Å². The van der Waals surface area contributed by atoms with E-state index in [9.17, 15) is 0 Å². The Morgan fingerprint density at radius 1 is 1.33 bits per heavy atom. The first-order chi connectivity index (χ1) is 5.56. The van der Waals surface area contributed by atoms with Gasteiger partial charge in [0.2, 0.25) is 0 Å². The maximum atomic E-state index is 5.56. The molecular formula is C12H20. The van der Waals surface area contributed by atoms with Crippen LogP contribution in [0.3, 0.4) is 0 Å². The molecule has 0 amide bonds. The van der Waals surface area contributed by atoms with Crippen LogP contribution in [0.5, 0.6) is 0 Å². The highest BCUT2D eigenvalue weighted by Crippen LogP contribution is 2.38. The molecule has 0 aliphatic heterocycles. The van der Waals surface area contributed by atoms with Gasteiger partial charge in [-0.05, 0) is 44.4 Å². The van der Waals surface area contributed by atoms with Gasteiger partial charge in [0.05, 0.1) is 0 Å². The second-order valence-electron chi connectivity index (χ2n) is 4.89. The number of hydrogen-bond donors (Lipinski definition) is 0. The highest BCUT2D eigenvalue weighted by atomic mass is 14.3. The first kappa shape index (κ1) is 9.65. The van der Waals surface area contributed by atoms with E-state index in [0.29, 0.717) is 0 Å². The minimum atomic E-state index is 0.185. The summed E-state index contributed by atoms with van der Waals surface area (Å²) in [6.07, 6.45) is 10.7. The molecule has 0 bridgehead atoms. The topological polar surface area (TPSA) is 0 Å². The normalized spacial score (nSPS) is 43.2. The summed E-state index contributed by atoms with van der Waals surface area (Å²) in [5, 5.41) is 0. The summed E-state index contributed by atoms with van der Waals surface area (Å²) >= 11 is 0. The molecule has 0 heteroatoms. The van der Waals surface area contributed by atoms with E-state index >= 15 is 0 Å². The van der Waals surface area contributed by atoms with E-state index in [4.69, 9.17) is 6.42 Å². The third-order valence-electron chi connectivity index (χ3n) is 3.14. The van der Waals surface area contributed by atoms with Crippen molar-refractivity contribution in [1.82, 2.24) is 0 Å². The fourth-order valence-electron chi connectivity index (χ4n) is 2.46. The zero-order chi connectivity index (χ0) is 9.19. The maximum absolute atomic E-state index is 5.56. The van der Waals surface area contributed by atoms with Crippen molar-refractivity contribution in [2.24, 2.45) is 17.3 Å². The van der Waals surface area contributed by atoms with Gasteiger partial charge in [-0.1, -0.05) is 13.8 Å². The molecule has 0 saturated heterocycles. The number of hydrogen-bond acceptors (Lipinski definition) is 0. The Hall–Kier alpha value is -0.440. The molecule has 12 heavy (non-hydrogen) atoms. The van der Waals surface area contributed by atoms with Gasteiger partial charge in [0.1, 0.15) is 0 Å². The first-order valence-electron chi connectivity index (χ1n) is 5.03. The van der Waals surface area contributed by atoms with Crippen LogP contribution >= 0.6 is 0 Å². The van der Waals surface area contributed by atoms with Crippen LogP contribution in [0, 0.1) is 29.6 Å². The average molecular weight is 164 g/mol. The van der Waals surface area contributed by atoms with Crippen LogP contribution in [0.2, 0.25) is 0 Å². The van der Waals surface area contributed by atoms with Crippen molar-refractivity contribution < 1.29 is 0 Å². The van der Waals surface area contributed by atoms with E-state index in [0.717, 1.165) is 11.8 Å². The fourth-order valence-corrected chi connectivity index (χ4v) is 2.46. The molecule has 0 radical (unpaired) electrons. The average Bonchev–Trinajstić information content (AvgIpc) is 2.11. The van der Waals surface area contributed by atoms with Crippen LogP contribution in [0.25, 0.3) is 0 Å². The minimum Gasteiger partial charge on any atom is -0.120 e. The van der Waals surface area contributed by atoms with Crippen molar-refractivity contribution >= 4 is 0 Å². The standard InChI is InChI=1S/C12H20/c1-5-12(4)7-6-10(2)8-11(3)9-12/h1,10-11H,6-9H2,2-4H3/t10?,11-,12?/m0/s1. The van der Waals surface area contributed by atoms with Gasteiger partial charge in [-0.3, -0.25) is 0 Å². The van der Waals surface area contributed by atoms with E-state index in [-0.39, 0.29) is 5.41 Å². The molecule has 0 N–H and O–H groups in total. The van der Waals surface area contributed by atoms with Gasteiger partial charge in [0.15, 0.2) is 0 Å². The smallest absolute Gasteiger partial charge is 0.0286 e. The molecule has 0 nitrogen and oxygen atoms in total. The van der Waals surface area contributed by atoms with Gasteiger partial charge in [-0.15, -0.1) is 12.3 Å². The van der Waals surface area contributed by atoms with E-state index < -0.39 is 0 Å². The lowest BCUT2D eigenvalue weighted by Crippen LogP contribution is -2.14. The Kier molecular flexibility index (Phi) is 2.83. The summed E-state index contributed by atoms with van der Waals surface area (Å²) in [6.45, 7) is 6.91.